The summed E-state index contributed by atoms with van der Waals surface area (Å²) in [5.41, 5.74) is 1.46. The molecule has 7 nitrogen and oxygen atoms in total. The average Bonchev–Trinajstić information content (AvgIpc) is 3.35. The third kappa shape index (κ3) is 5.01. The Morgan fingerprint density at radius 3 is 2.45 bits per heavy atom. The highest BCUT2D eigenvalue weighted by atomic mass is 32.2. The Bertz CT molecular complexity index is 1080. The van der Waals surface area contributed by atoms with Crippen molar-refractivity contribution < 1.29 is 13.2 Å². The van der Waals surface area contributed by atoms with Gasteiger partial charge in [0.05, 0.1) is 0 Å². The molecular weight excluding hydrogens is 428 g/mol. The molecule has 0 fully saturated rings. The van der Waals surface area contributed by atoms with Gasteiger partial charge in [-0.3, -0.25) is 14.8 Å². The Kier molecular flexibility index (Phi) is 6.66. The summed E-state index contributed by atoms with van der Waals surface area (Å²) in [5.74, 6) is -0.217. The third-order valence-electron chi connectivity index (χ3n) is 4.42. The number of hydrogen-bond acceptors (Lipinski definition) is 7. The van der Waals surface area contributed by atoms with E-state index in [1.54, 1.807) is 17.5 Å². The zero-order valence-electron chi connectivity index (χ0n) is 16.3. The molecule has 0 bridgehead atoms. The van der Waals surface area contributed by atoms with Gasteiger partial charge < -0.3 is 0 Å². The van der Waals surface area contributed by atoms with Crippen molar-refractivity contribution in [1.82, 2.24) is 10.2 Å². The normalized spacial score (nSPS) is 11.6. The number of sulfonamides is 1. The smallest absolute Gasteiger partial charge is 0.268 e. The molecule has 0 spiro atoms. The first-order chi connectivity index (χ1) is 13.8. The molecule has 2 aromatic heterocycles. The van der Waals surface area contributed by atoms with Gasteiger partial charge in [-0.25, -0.2) is 8.42 Å². The van der Waals surface area contributed by atoms with Crippen LogP contribution >= 0.6 is 22.7 Å². The summed E-state index contributed by atoms with van der Waals surface area (Å²) >= 11 is 2.38. The van der Waals surface area contributed by atoms with Gasteiger partial charge >= 0.3 is 0 Å². The van der Waals surface area contributed by atoms with Crippen molar-refractivity contribution >= 4 is 49.4 Å². The first kappa shape index (κ1) is 21.4. The van der Waals surface area contributed by atoms with Crippen LogP contribution in [0.3, 0.4) is 0 Å². The van der Waals surface area contributed by atoms with Crippen LogP contribution in [0.2, 0.25) is 0 Å². The molecule has 1 aromatic carbocycles. The molecule has 3 aromatic rings. The number of carbonyl (C=O) groups excluding carboxylic acids is 1. The number of benzene rings is 1. The van der Waals surface area contributed by atoms with Crippen LogP contribution in [0.4, 0.5) is 10.8 Å². The predicted molar refractivity (Wildman–Crippen MR) is 117 cm³/mol. The van der Waals surface area contributed by atoms with Crippen LogP contribution in [0, 0.1) is 6.92 Å². The van der Waals surface area contributed by atoms with Gasteiger partial charge in [-0.05, 0) is 43.3 Å². The molecule has 0 saturated heterocycles. The highest BCUT2D eigenvalue weighted by molar-refractivity contribution is 7.93. The average molecular weight is 451 g/mol. The maximum atomic E-state index is 12.8. The second kappa shape index (κ2) is 9.02. The second-order valence-corrected chi connectivity index (χ2v) is 10.1. The van der Waals surface area contributed by atoms with Gasteiger partial charge in [-0.2, -0.15) is 0 Å². The summed E-state index contributed by atoms with van der Waals surface area (Å²) < 4.78 is 28.1. The number of amides is 1. The quantitative estimate of drug-likeness (QED) is 0.510. The minimum atomic E-state index is -3.90. The monoisotopic (exact) mass is 450 g/mol. The van der Waals surface area contributed by atoms with Gasteiger partial charge in [-0.15, -0.1) is 21.5 Å². The maximum absolute atomic E-state index is 12.8. The molecule has 0 radical (unpaired) electrons. The SMILES string of the molecule is CCC(CC)c1nnc(NC(=O)c2sccc2S(=O)(=O)Nc2ccc(C)cc2)s1. The van der Waals surface area contributed by atoms with E-state index in [1.165, 1.54) is 17.4 Å². The number of hydrogen-bond donors (Lipinski definition) is 2. The molecule has 0 saturated carbocycles. The van der Waals surface area contributed by atoms with Crippen molar-refractivity contribution in [2.45, 2.75) is 44.4 Å². The Morgan fingerprint density at radius 1 is 1.10 bits per heavy atom. The summed E-state index contributed by atoms with van der Waals surface area (Å²) in [4.78, 5) is 12.7. The van der Waals surface area contributed by atoms with E-state index in [1.807, 2.05) is 19.1 Å². The van der Waals surface area contributed by atoms with E-state index < -0.39 is 15.9 Å². The van der Waals surface area contributed by atoms with Crippen molar-refractivity contribution in [2.75, 3.05) is 10.0 Å². The number of aromatic nitrogens is 2. The number of carbonyl (C=O) groups is 1. The zero-order chi connectivity index (χ0) is 21.0. The lowest BCUT2D eigenvalue weighted by Crippen LogP contribution is -2.18. The highest BCUT2D eigenvalue weighted by Crippen LogP contribution is 2.30. The maximum Gasteiger partial charge on any atom is 0.268 e. The molecule has 2 N–H and O–H groups in total. The Morgan fingerprint density at radius 2 is 1.79 bits per heavy atom. The van der Waals surface area contributed by atoms with Crippen molar-refractivity contribution in [3.8, 4) is 0 Å². The molecule has 0 atom stereocenters. The Hall–Kier alpha value is -2.30. The van der Waals surface area contributed by atoms with Crippen LogP contribution < -0.4 is 10.0 Å². The molecular formula is C19H22N4O3S3. The molecule has 2 heterocycles. The van der Waals surface area contributed by atoms with Crippen LogP contribution in [0.5, 0.6) is 0 Å². The number of anilines is 2. The topological polar surface area (TPSA) is 101 Å². The number of nitrogens with one attached hydrogen (secondary N) is 2. The van der Waals surface area contributed by atoms with Crippen LogP contribution in [0.25, 0.3) is 0 Å². The van der Waals surface area contributed by atoms with Crippen molar-refractivity contribution in [3.63, 3.8) is 0 Å². The van der Waals surface area contributed by atoms with E-state index in [0.29, 0.717) is 16.7 Å². The van der Waals surface area contributed by atoms with E-state index in [-0.39, 0.29) is 9.77 Å². The molecule has 154 valence electrons. The summed E-state index contributed by atoms with van der Waals surface area (Å²) in [6.45, 7) is 6.08. The van der Waals surface area contributed by atoms with Gasteiger partial charge in [0.25, 0.3) is 15.9 Å². The fraction of sp³-hybridized carbons (Fsp3) is 0.316. The zero-order valence-corrected chi connectivity index (χ0v) is 18.7. The van der Waals surface area contributed by atoms with Crippen LogP contribution in [-0.4, -0.2) is 24.5 Å². The molecule has 29 heavy (non-hydrogen) atoms. The minimum absolute atomic E-state index is 0.0645. The van der Waals surface area contributed by atoms with Crippen LogP contribution in [-0.2, 0) is 10.0 Å². The van der Waals surface area contributed by atoms with Gasteiger partial charge in [-0.1, -0.05) is 42.9 Å². The lowest BCUT2D eigenvalue weighted by atomic mass is 10.1. The van der Waals surface area contributed by atoms with E-state index in [9.17, 15) is 13.2 Å². The second-order valence-electron chi connectivity index (χ2n) is 6.50. The standard InChI is InChI=1S/C19H22N4O3S3/c1-4-13(5-2)18-21-22-19(28-18)20-17(24)16-15(10-11-27-16)29(25,26)23-14-8-6-12(3)7-9-14/h6-11,13,23H,4-5H2,1-3H3,(H,20,22,24). The number of nitrogens with zero attached hydrogens (tertiary/aromatic N) is 2. The van der Waals surface area contributed by atoms with Crippen LogP contribution in [0.1, 0.15) is 52.8 Å². The Labute approximate surface area is 178 Å². The largest absolute Gasteiger partial charge is 0.296 e. The minimum Gasteiger partial charge on any atom is -0.296 e. The third-order valence-corrected chi connectivity index (χ3v) is 7.89. The van der Waals surface area contributed by atoms with Gasteiger partial charge in [0.1, 0.15) is 14.8 Å². The number of aryl methyl sites for hydroxylation is 1. The predicted octanol–water partition coefficient (Wildman–Crippen LogP) is 4.86. The summed E-state index contributed by atoms with van der Waals surface area (Å²) in [6.07, 6.45) is 1.88. The van der Waals surface area contributed by atoms with Gasteiger partial charge in [0.2, 0.25) is 5.13 Å². The number of rotatable bonds is 8. The van der Waals surface area contributed by atoms with Crippen molar-refractivity contribution in [3.05, 3.63) is 51.2 Å². The summed E-state index contributed by atoms with van der Waals surface area (Å²) in [6, 6.07) is 8.41. The molecule has 0 unspecified atom stereocenters. The van der Waals surface area contributed by atoms with E-state index in [2.05, 4.69) is 34.1 Å². The molecule has 3 rings (SSSR count). The molecule has 0 aliphatic heterocycles. The first-order valence-electron chi connectivity index (χ1n) is 9.15. The molecule has 1 amide bonds. The van der Waals surface area contributed by atoms with Crippen molar-refractivity contribution in [2.24, 2.45) is 0 Å². The molecule has 0 aliphatic carbocycles. The fourth-order valence-corrected chi connectivity index (χ4v) is 6.14. The first-order valence-corrected chi connectivity index (χ1v) is 12.3. The molecule has 0 aliphatic rings. The Balaban J connectivity index is 1.78. The lowest BCUT2D eigenvalue weighted by Gasteiger charge is -2.09. The van der Waals surface area contributed by atoms with E-state index >= 15 is 0 Å². The number of thiophene rings is 1. The molecule has 10 heteroatoms. The van der Waals surface area contributed by atoms with Crippen molar-refractivity contribution in [1.29, 1.82) is 0 Å². The van der Waals surface area contributed by atoms with Gasteiger partial charge in [0, 0.05) is 11.6 Å². The lowest BCUT2D eigenvalue weighted by molar-refractivity contribution is 0.102. The highest BCUT2D eigenvalue weighted by Gasteiger charge is 2.25. The fourth-order valence-electron chi connectivity index (χ4n) is 2.75. The van der Waals surface area contributed by atoms with E-state index in [0.717, 1.165) is 34.7 Å². The van der Waals surface area contributed by atoms with Gasteiger partial charge in [0.15, 0.2) is 0 Å². The van der Waals surface area contributed by atoms with Crippen LogP contribution in [0.15, 0.2) is 40.6 Å². The van der Waals surface area contributed by atoms with E-state index in [4.69, 9.17) is 0 Å². The summed E-state index contributed by atoms with van der Waals surface area (Å²) in [7, 11) is -3.90. The summed E-state index contributed by atoms with van der Waals surface area (Å²) in [5, 5.41) is 13.7.